The number of halogens is 1. The molecule has 0 atom stereocenters. The first kappa shape index (κ1) is 26.1. The quantitative estimate of drug-likeness (QED) is 0.415. The van der Waals surface area contributed by atoms with Crippen molar-refractivity contribution in [2.24, 2.45) is 0 Å². The van der Waals surface area contributed by atoms with Crippen molar-refractivity contribution in [2.45, 2.75) is 18.7 Å². The van der Waals surface area contributed by atoms with Gasteiger partial charge < -0.3 is 14.8 Å². The molecule has 0 bridgehead atoms. The molecule has 1 amide bonds. The van der Waals surface area contributed by atoms with Crippen LogP contribution in [0.15, 0.2) is 71.6 Å². The van der Waals surface area contributed by atoms with E-state index in [2.05, 4.69) is 5.32 Å². The number of rotatable bonds is 9. The Balaban J connectivity index is 1.89. The minimum absolute atomic E-state index is 0.0178. The highest BCUT2D eigenvalue weighted by Gasteiger charge is 2.28. The molecule has 0 aliphatic rings. The molecule has 0 saturated heterocycles. The lowest BCUT2D eigenvalue weighted by Gasteiger charge is -2.24. The van der Waals surface area contributed by atoms with E-state index in [0.717, 1.165) is 4.31 Å². The molecule has 0 fully saturated rings. The predicted octanol–water partition coefficient (Wildman–Crippen LogP) is 4.67. The molecule has 184 valence electrons. The van der Waals surface area contributed by atoms with Crippen molar-refractivity contribution in [1.29, 1.82) is 0 Å². The maximum absolute atomic E-state index is 13.5. The molecule has 0 aliphatic carbocycles. The number of carbonyl (C=O) groups is 2. The molecule has 0 unspecified atom stereocenters. The van der Waals surface area contributed by atoms with Crippen LogP contribution in [0.4, 0.5) is 11.4 Å². The molecule has 0 aliphatic heterocycles. The van der Waals surface area contributed by atoms with Crippen LogP contribution in [0.25, 0.3) is 0 Å². The number of esters is 1. The summed E-state index contributed by atoms with van der Waals surface area (Å²) in [5.41, 5.74) is 1.42. The molecule has 3 aromatic carbocycles. The number of nitrogens with one attached hydrogen (secondary N) is 1. The molecule has 35 heavy (non-hydrogen) atoms. The van der Waals surface area contributed by atoms with Crippen LogP contribution in [0.5, 0.6) is 5.75 Å². The molecule has 3 rings (SSSR count). The topological polar surface area (TPSA) is 102 Å². The Kier molecular flexibility index (Phi) is 8.37. The number of benzene rings is 3. The number of para-hydroxylation sites is 1. The third-order valence-electron chi connectivity index (χ3n) is 5.04. The van der Waals surface area contributed by atoms with Gasteiger partial charge in [-0.1, -0.05) is 29.8 Å². The number of carbonyl (C=O) groups excluding carboxylic acids is 2. The minimum atomic E-state index is -4.10. The van der Waals surface area contributed by atoms with Gasteiger partial charge in [-0.05, 0) is 67.9 Å². The maximum Gasteiger partial charge on any atom is 0.338 e. The van der Waals surface area contributed by atoms with Crippen LogP contribution in [0, 0.1) is 6.92 Å². The first-order valence-corrected chi connectivity index (χ1v) is 12.5. The van der Waals surface area contributed by atoms with Crippen molar-refractivity contribution in [3.63, 3.8) is 0 Å². The van der Waals surface area contributed by atoms with Crippen LogP contribution < -0.4 is 14.4 Å². The molecular weight excluding hydrogens is 492 g/mol. The summed E-state index contributed by atoms with van der Waals surface area (Å²) in [4.78, 5) is 24.8. The van der Waals surface area contributed by atoms with Crippen molar-refractivity contribution in [1.82, 2.24) is 0 Å². The van der Waals surface area contributed by atoms with E-state index < -0.39 is 28.4 Å². The number of sulfonamides is 1. The highest BCUT2D eigenvalue weighted by molar-refractivity contribution is 7.92. The van der Waals surface area contributed by atoms with E-state index in [1.807, 2.05) is 0 Å². The van der Waals surface area contributed by atoms with E-state index in [4.69, 9.17) is 21.1 Å². The lowest BCUT2D eigenvalue weighted by atomic mass is 10.2. The Labute approximate surface area is 209 Å². The zero-order valence-corrected chi connectivity index (χ0v) is 21.0. The first-order chi connectivity index (χ1) is 16.7. The molecule has 0 radical (unpaired) electrons. The van der Waals surface area contributed by atoms with Gasteiger partial charge in [0, 0.05) is 0 Å². The number of aryl methyl sites for hydroxylation is 1. The second-order valence-electron chi connectivity index (χ2n) is 7.44. The van der Waals surface area contributed by atoms with Gasteiger partial charge >= 0.3 is 5.97 Å². The van der Waals surface area contributed by atoms with Crippen molar-refractivity contribution < 1.29 is 27.5 Å². The fourth-order valence-electron chi connectivity index (χ4n) is 3.33. The Morgan fingerprint density at radius 2 is 1.74 bits per heavy atom. The summed E-state index contributed by atoms with van der Waals surface area (Å²) >= 11 is 6.24. The zero-order valence-electron chi connectivity index (χ0n) is 19.4. The van der Waals surface area contributed by atoms with E-state index >= 15 is 0 Å². The largest absolute Gasteiger partial charge is 0.496 e. The average molecular weight is 517 g/mol. The summed E-state index contributed by atoms with van der Waals surface area (Å²) in [5.74, 6) is -0.606. The second kappa shape index (κ2) is 11.2. The van der Waals surface area contributed by atoms with Crippen molar-refractivity contribution in [3.05, 3.63) is 82.9 Å². The smallest absolute Gasteiger partial charge is 0.338 e. The van der Waals surface area contributed by atoms with Gasteiger partial charge in [-0.15, -0.1) is 0 Å². The van der Waals surface area contributed by atoms with Crippen molar-refractivity contribution in [2.75, 3.05) is 29.9 Å². The number of nitrogens with zero attached hydrogens (tertiary/aromatic N) is 1. The van der Waals surface area contributed by atoms with Gasteiger partial charge in [-0.25, -0.2) is 13.2 Å². The van der Waals surface area contributed by atoms with E-state index in [-0.39, 0.29) is 27.8 Å². The van der Waals surface area contributed by atoms with Crippen LogP contribution in [0.2, 0.25) is 5.02 Å². The first-order valence-electron chi connectivity index (χ1n) is 10.7. The molecule has 8 nitrogen and oxygen atoms in total. The van der Waals surface area contributed by atoms with Crippen LogP contribution in [-0.2, 0) is 19.6 Å². The van der Waals surface area contributed by atoms with E-state index in [1.165, 1.54) is 37.4 Å². The molecule has 10 heteroatoms. The highest BCUT2D eigenvalue weighted by atomic mass is 35.5. The number of anilines is 2. The predicted molar refractivity (Wildman–Crippen MR) is 135 cm³/mol. The monoisotopic (exact) mass is 516 g/mol. The summed E-state index contributed by atoms with van der Waals surface area (Å²) in [6.45, 7) is 3.13. The Morgan fingerprint density at radius 3 is 2.34 bits per heavy atom. The van der Waals surface area contributed by atoms with Gasteiger partial charge in [0.1, 0.15) is 12.3 Å². The number of amides is 1. The summed E-state index contributed by atoms with van der Waals surface area (Å²) in [6.07, 6.45) is 0. The van der Waals surface area contributed by atoms with Gasteiger partial charge in [0.2, 0.25) is 5.91 Å². The molecule has 1 N–H and O–H groups in total. The number of ether oxygens (including phenoxy) is 2. The second-order valence-corrected chi connectivity index (χ2v) is 9.71. The van der Waals surface area contributed by atoms with Crippen LogP contribution in [0.1, 0.15) is 22.8 Å². The Bertz CT molecular complexity index is 1330. The molecule has 0 saturated carbocycles. The van der Waals surface area contributed by atoms with E-state index in [9.17, 15) is 18.0 Å². The number of methoxy groups -OCH3 is 1. The van der Waals surface area contributed by atoms with Gasteiger partial charge in [0.15, 0.2) is 0 Å². The zero-order chi connectivity index (χ0) is 25.6. The number of hydrogen-bond donors (Lipinski definition) is 1. The molecule has 0 heterocycles. The van der Waals surface area contributed by atoms with E-state index in [1.54, 1.807) is 50.2 Å². The summed E-state index contributed by atoms with van der Waals surface area (Å²) < 4.78 is 38.3. The molecule has 0 aromatic heterocycles. The standard InChI is InChI=1S/C25H25ClN2O6S/c1-4-34-25(30)18-10-12-22(21(26)15-18)27-24(29)16-28(19-8-6-5-7-9-19)35(31,32)20-11-13-23(33-3)17(2)14-20/h5-15H,4,16H2,1-3H3,(H,27,29). The lowest BCUT2D eigenvalue weighted by Crippen LogP contribution is -2.38. The summed E-state index contributed by atoms with van der Waals surface area (Å²) in [5, 5.41) is 2.73. The lowest BCUT2D eigenvalue weighted by molar-refractivity contribution is -0.114. The SMILES string of the molecule is CCOC(=O)c1ccc(NC(=O)CN(c2ccccc2)S(=O)(=O)c2ccc(OC)c(C)c2)c(Cl)c1. The molecule has 3 aromatic rings. The third-order valence-corrected chi connectivity index (χ3v) is 7.12. The normalized spacial score (nSPS) is 11.0. The number of hydrogen-bond acceptors (Lipinski definition) is 6. The highest BCUT2D eigenvalue weighted by Crippen LogP contribution is 2.28. The fraction of sp³-hybridized carbons (Fsp3) is 0.200. The van der Waals surface area contributed by atoms with Crippen molar-refractivity contribution >= 4 is 44.9 Å². The fourth-order valence-corrected chi connectivity index (χ4v) is 5.06. The van der Waals surface area contributed by atoms with Crippen molar-refractivity contribution in [3.8, 4) is 5.75 Å². The summed E-state index contributed by atoms with van der Waals surface area (Å²) in [6, 6.07) is 17.1. The average Bonchev–Trinajstić information content (AvgIpc) is 2.84. The Hall–Kier alpha value is -3.56. The van der Waals surface area contributed by atoms with Crippen LogP contribution in [-0.4, -0.2) is 40.6 Å². The Morgan fingerprint density at radius 1 is 1.03 bits per heavy atom. The molecular formula is C25H25ClN2O6S. The third kappa shape index (κ3) is 6.12. The molecule has 0 spiro atoms. The van der Waals surface area contributed by atoms with E-state index in [0.29, 0.717) is 17.0 Å². The van der Waals surface area contributed by atoms with Crippen LogP contribution >= 0.6 is 11.6 Å². The maximum atomic E-state index is 13.5. The van der Waals surface area contributed by atoms with Gasteiger partial charge in [-0.2, -0.15) is 0 Å². The van der Waals surface area contributed by atoms with Gasteiger partial charge in [-0.3, -0.25) is 9.10 Å². The van der Waals surface area contributed by atoms with Crippen LogP contribution in [0.3, 0.4) is 0 Å². The minimum Gasteiger partial charge on any atom is -0.496 e. The summed E-state index contributed by atoms with van der Waals surface area (Å²) in [7, 11) is -2.60. The van der Waals surface area contributed by atoms with Gasteiger partial charge in [0.05, 0.1) is 40.6 Å². The van der Waals surface area contributed by atoms with Gasteiger partial charge in [0.25, 0.3) is 10.0 Å².